The lowest BCUT2D eigenvalue weighted by Crippen LogP contribution is -2.31. The van der Waals surface area contributed by atoms with Crippen molar-refractivity contribution in [1.29, 1.82) is 0 Å². The van der Waals surface area contributed by atoms with Gasteiger partial charge in [-0.25, -0.2) is 0 Å². The standard InChI is InChI=1S/C13H18O2/c1-12(8-9-12)13(2,14)10-4-6-11(15-3)7-5-10/h4-7,14H,8-9H2,1-3H3. The molecule has 0 saturated heterocycles. The molecule has 0 bridgehead atoms. The Morgan fingerprint density at radius 3 is 2.20 bits per heavy atom. The van der Waals surface area contributed by atoms with Crippen LogP contribution in [0.4, 0.5) is 0 Å². The molecule has 2 rings (SSSR count). The molecule has 1 aromatic carbocycles. The summed E-state index contributed by atoms with van der Waals surface area (Å²) in [5.41, 5.74) is 0.309. The van der Waals surface area contributed by atoms with E-state index in [1.807, 2.05) is 31.2 Å². The van der Waals surface area contributed by atoms with E-state index in [0.717, 1.165) is 24.2 Å². The van der Waals surface area contributed by atoms with Crippen molar-refractivity contribution in [3.8, 4) is 5.75 Å². The molecule has 0 aromatic heterocycles. The molecule has 1 N–H and O–H groups in total. The second-order valence-electron chi connectivity index (χ2n) is 4.86. The van der Waals surface area contributed by atoms with Crippen LogP contribution in [0.25, 0.3) is 0 Å². The zero-order valence-corrected chi connectivity index (χ0v) is 9.58. The molecule has 1 aliphatic rings. The minimum Gasteiger partial charge on any atom is -0.497 e. The Morgan fingerprint density at radius 1 is 1.27 bits per heavy atom. The second-order valence-corrected chi connectivity index (χ2v) is 4.86. The maximum atomic E-state index is 10.5. The topological polar surface area (TPSA) is 29.5 Å². The average molecular weight is 206 g/mol. The number of benzene rings is 1. The first-order chi connectivity index (χ1) is 6.99. The lowest BCUT2D eigenvalue weighted by atomic mass is 9.81. The summed E-state index contributed by atoms with van der Waals surface area (Å²) in [5.74, 6) is 0.829. The molecule has 1 fully saturated rings. The Labute approximate surface area is 90.9 Å². The van der Waals surface area contributed by atoms with Gasteiger partial charge in [-0.1, -0.05) is 19.1 Å². The highest BCUT2D eigenvalue weighted by atomic mass is 16.5. The molecule has 1 atom stereocenters. The molecule has 0 amide bonds. The minimum atomic E-state index is -0.723. The quantitative estimate of drug-likeness (QED) is 0.824. The number of hydrogen-bond donors (Lipinski definition) is 1. The highest BCUT2D eigenvalue weighted by molar-refractivity contribution is 5.32. The van der Waals surface area contributed by atoms with Crippen LogP contribution < -0.4 is 4.74 Å². The van der Waals surface area contributed by atoms with Crippen molar-refractivity contribution >= 4 is 0 Å². The maximum Gasteiger partial charge on any atom is 0.118 e. The number of hydrogen-bond acceptors (Lipinski definition) is 2. The second kappa shape index (κ2) is 3.24. The van der Waals surface area contributed by atoms with Crippen LogP contribution in [0.3, 0.4) is 0 Å². The Hall–Kier alpha value is -1.02. The zero-order chi connectivity index (χ0) is 11.1. The normalized spacial score (nSPS) is 21.9. The highest BCUT2D eigenvalue weighted by Gasteiger charge is 2.52. The first-order valence-corrected chi connectivity index (χ1v) is 5.36. The molecule has 0 aliphatic heterocycles. The Balaban J connectivity index is 2.29. The van der Waals surface area contributed by atoms with E-state index in [9.17, 15) is 5.11 Å². The number of methoxy groups -OCH3 is 1. The fraction of sp³-hybridized carbons (Fsp3) is 0.538. The summed E-state index contributed by atoms with van der Waals surface area (Å²) < 4.78 is 5.10. The molecule has 1 saturated carbocycles. The van der Waals surface area contributed by atoms with Gasteiger partial charge >= 0.3 is 0 Å². The van der Waals surface area contributed by atoms with Gasteiger partial charge in [0.2, 0.25) is 0 Å². The summed E-state index contributed by atoms with van der Waals surface area (Å²) in [6.07, 6.45) is 2.21. The Morgan fingerprint density at radius 2 is 1.80 bits per heavy atom. The van der Waals surface area contributed by atoms with Gasteiger partial charge in [-0.2, -0.15) is 0 Å². The van der Waals surface area contributed by atoms with Gasteiger partial charge < -0.3 is 9.84 Å². The van der Waals surface area contributed by atoms with Crippen molar-refractivity contribution in [2.75, 3.05) is 7.11 Å². The highest BCUT2D eigenvalue weighted by Crippen LogP contribution is 2.57. The lowest BCUT2D eigenvalue weighted by Gasteiger charge is -2.31. The van der Waals surface area contributed by atoms with E-state index >= 15 is 0 Å². The minimum absolute atomic E-state index is 0.0571. The SMILES string of the molecule is COc1ccc(C(C)(O)C2(C)CC2)cc1. The summed E-state index contributed by atoms with van der Waals surface area (Å²) >= 11 is 0. The van der Waals surface area contributed by atoms with E-state index in [4.69, 9.17) is 4.74 Å². The molecule has 0 radical (unpaired) electrons. The first-order valence-electron chi connectivity index (χ1n) is 5.36. The maximum absolute atomic E-state index is 10.5. The third kappa shape index (κ3) is 1.63. The van der Waals surface area contributed by atoms with Gasteiger partial charge in [0, 0.05) is 5.41 Å². The van der Waals surface area contributed by atoms with E-state index in [2.05, 4.69) is 6.92 Å². The predicted molar refractivity (Wildman–Crippen MR) is 59.9 cm³/mol. The summed E-state index contributed by atoms with van der Waals surface area (Å²) in [6.45, 7) is 4.04. The van der Waals surface area contributed by atoms with Crippen molar-refractivity contribution < 1.29 is 9.84 Å². The van der Waals surface area contributed by atoms with Crippen LogP contribution in [0.5, 0.6) is 5.75 Å². The molecule has 15 heavy (non-hydrogen) atoms. The largest absolute Gasteiger partial charge is 0.497 e. The molecule has 2 heteroatoms. The van der Waals surface area contributed by atoms with E-state index in [-0.39, 0.29) is 5.41 Å². The smallest absolute Gasteiger partial charge is 0.118 e. The van der Waals surface area contributed by atoms with Crippen LogP contribution in [0.15, 0.2) is 24.3 Å². The lowest BCUT2D eigenvalue weighted by molar-refractivity contribution is -0.0126. The molecular formula is C13H18O2. The molecule has 1 aromatic rings. The van der Waals surface area contributed by atoms with Gasteiger partial charge in [-0.3, -0.25) is 0 Å². The third-order valence-electron chi connectivity index (χ3n) is 3.83. The summed E-state index contributed by atoms with van der Waals surface area (Å²) in [4.78, 5) is 0. The average Bonchev–Trinajstić information content (AvgIpc) is 2.98. The Kier molecular flexibility index (Phi) is 2.27. The summed E-state index contributed by atoms with van der Waals surface area (Å²) in [7, 11) is 1.65. The van der Waals surface area contributed by atoms with Crippen molar-refractivity contribution in [3.05, 3.63) is 29.8 Å². The fourth-order valence-electron chi connectivity index (χ4n) is 1.94. The molecule has 0 heterocycles. The summed E-state index contributed by atoms with van der Waals surface area (Å²) in [6, 6.07) is 7.69. The molecule has 1 aliphatic carbocycles. The molecule has 82 valence electrons. The molecule has 0 spiro atoms. The zero-order valence-electron chi connectivity index (χ0n) is 9.58. The fourth-order valence-corrected chi connectivity index (χ4v) is 1.94. The van der Waals surface area contributed by atoms with Crippen LogP contribution in [0.1, 0.15) is 32.3 Å². The predicted octanol–water partition coefficient (Wildman–Crippen LogP) is 2.70. The van der Waals surface area contributed by atoms with Crippen LogP contribution >= 0.6 is 0 Å². The van der Waals surface area contributed by atoms with Crippen molar-refractivity contribution in [1.82, 2.24) is 0 Å². The number of aliphatic hydroxyl groups is 1. The van der Waals surface area contributed by atoms with Crippen LogP contribution in [0.2, 0.25) is 0 Å². The van der Waals surface area contributed by atoms with Gasteiger partial charge in [0.1, 0.15) is 5.75 Å². The van der Waals surface area contributed by atoms with Crippen LogP contribution in [-0.4, -0.2) is 12.2 Å². The van der Waals surface area contributed by atoms with Crippen molar-refractivity contribution in [2.45, 2.75) is 32.3 Å². The van der Waals surface area contributed by atoms with E-state index in [0.29, 0.717) is 0 Å². The molecular weight excluding hydrogens is 188 g/mol. The first kappa shape index (κ1) is 10.5. The summed E-state index contributed by atoms with van der Waals surface area (Å²) in [5, 5.41) is 10.5. The number of rotatable bonds is 3. The molecule has 2 nitrogen and oxygen atoms in total. The Bertz CT molecular complexity index is 347. The monoisotopic (exact) mass is 206 g/mol. The number of ether oxygens (including phenoxy) is 1. The van der Waals surface area contributed by atoms with E-state index in [1.165, 1.54) is 0 Å². The van der Waals surface area contributed by atoms with Crippen molar-refractivity contribution in [3.63, 3.8) is 0 Å². The molecule has 1 unspecified atom stereocenters. The van der Waals surface area contributed by atoms with E-state index in [1.54, 1.807) is 7.11 Å². The van der Waals surface area contributed by atoms with E-state index < -0.39 is 5.60 Å². The van der Waals surface area contributed by atoms with Gasteiger partial charge in [-0.05, 0) is 37.5 Å². The van der Waals surface area contributed by atoms with Crippen molar-refractivity contribution in [2.24, 2.45) is 5.41 Å². The van der Waals surface area contributed by atoms with Crippen LogP contribution in [-0.2, 0) is 5.60 Å². The van der Waals surface area contributed by atoms with Gasteiger partial charge in [0.25, 0.3) is 0 Å². The third-order valence-corrected chi connectivity index (χ3v) is 3.83. The van der Waals surface area contributed by atoms with Gasteiger partial charge in [0.05, 0.1) is 12.7 Å². The van der Waals surface area contributed by atoms with Crippen LogP contribution in [0, 0.1) is 5.41 Å². The van der Waals surface area contributed by atoms with Gasteiger partial charge in [0.15, 0.2) is 0 Å². The van der Waals surface area contributed by atoms with Gasteiger partial charge in [-0.15, -0.1) is 0 Å².